The number of esters is 1. The van der Waals surface area contributed by atoms with E-state index >= 15 is 0 Å². The van der Waals surface area contributed by atoms with Gasteiger partial charge in [0.15, 0.2) is 0 Å². The minimum atomic E-state index is -4.45. The highest BCUT2D eigenvalue weighted by atomic mass is 31.2. The Kier molecular flexibility index (Phi) is 51.5. The fourth-order valence-corrected chi connectivity index (χ4v) is 9.42. The maximum Gasteiger partial charge on any atom is 0.472 e. The highest BCUT2D eigenvalue weighted by molar-refractivity contribution is 7.47. The van der Waals surface area contributed by atoms with E-state index in [4.69, 9.17) is 13.8 Å². The van der Waals surface area contributed by atoms with Gasteiger partial charge in [0.25, 0.3) is 0 Å². The van der Waals surface area contributed by atoms with Crippen LogP contribution in [-0.2, 0) is 27.9 Å². The molecule has 0 aliphatic carbocycles. The largest absolute Gasteiger partial charge is 0.472 e. The molecule has 0 aromatic heterocycles. The van der Waals surface area contributed by atoms with Gasteiger partial charge in [-0.1, -0.05) is 249 Å². The molecule has 9 nitrogen and oxygen atoms in total. The third-order valence-electron chi connectivity index (χ3n) is 13.5. The lowest BCUT2D eigenvalue weighted by atomic mass is 10.0. The van der Waals surface area contributed by atoms with Crippen molar-refractivity contribution in [2.75, 3.05) is 40.9 Å². The summed E-state index contributed by atoms with van der Waals surface area (Å²) < 4.78 is 30.7. The third-order valence-corrected chi connectivity index (χ3v) is 14.4. The van der Waals surface area contributed by atoms with Crippen LogP contribution in [0.4, 0.5) is 0 Å². The van der Waals surface area contributed by atoms with Crippen LogP contribution in [0.3, 0.4) is 0 Å². The van der Waals surface area contributed by atoms with Crippen molar-refractivity contribution in [3.05, 3.63) is 60.8 Å². The zero-order valence-corrected chi connectivity index (χ0v) is 49.5. The molecule has 0 heterocycles. The molecular weight excluding hydrogens is 928 g/mol. The lowest BCUT2D eigenvalue weighted by Crippen LogP contribution is -2.47. The Bertz CT molecular complexity index is 1440. The molecule has 3 unspecified atom stereocenters. The average molecular weight is 1050 g/mol. The summed E-state index contributed by atoms with van der Waals surface area (Å²) in [5.74, 6) is -0.520. The number of allylic oxidation sites excluding steroid dienone is 9. The van der Waals surface area contributed by atoms with Crippen molar-refractivity contribution in [3.63, 3.8) is 0 Å². The van der Waals surface area contributed by atoms with E-state index in [1.54, 1.807) is 0 Å². The Balaban J connectivity index is 5.29. The van der Waals surface area contributed by atoms with Crippen LogP contribution in [-0.4, -0.2) is 74.3 Å². The molecule has 0 bridgehead atoms. The second-order valence-corrected chi connectivity index (χ2v) is 23.3. The Morgan fingerprint density at radius 3 is 1.27 bits per heavy atom. The summed E-state index contributed by atoms with van der Waals surface area (Å²) in [7, 11) is 1.48. The standard InChI is InChI=1S/C63H117N2O7P/c1-7-10-13-16-19-22-25-28-30-31-32-33-34-35-36-37-40-43-46-49-52-55-62(66)64-60(59-71-73(68,69)70-58-57-65(4,5)6)61(54-51-48-45-42-39-27-24-21-18-15-12-9-3)72-63(67)56-53-50-47-44-41-38-29-26-23-20-17-14-11-8-2/h19,22,28,30,32-33,35-36,51,54,60-61H,7-18,20-21,23-27,29,31,34,37-50,52-53,55-59H2,1-6H3,(H-,64,66,68,69)/p+1/b22-19-,30-28-,33-32-,36-35-,54-51-. The number of hydrogen-bond acceptors (Lipinski definition) is 6. The van der Waals surface area contributed by atoms with Gasteiger partial charge in [-0.25, -0.2) is 4.57 Å². The van der Waals surface area contributed by atoms with E-state index in [-0.39, 0.29) is 31.5 Å². The van der Waals surface area contributed by atoms with Crippen LogP contribution in [0.2, 0.25) is 0 Å². The average Bonchev–Trinajstić information content (AvgIpc) is 3.35. The highest BCUT2D eigenvalue weighted by Gasteiger charge is 2.30. The van der Waals surface area contributed by atoms with E-state index in [9.17, 15) is 19.0 Å². The van der Waals surface area contributed by atoms with Crippen LogP contribution >= 0.6 is 7.82 Å². The molecule has 1 amide bonds. The minimum absolute atomic E-state index is 0.0359. The monoisotopic (exact) mass is 1050 g/mol. The van der Waals surface area contributed by atoms with E-state index in [2.05, 4.69) is 74.7 Å². The summed E-state index contributed by atoms with van der Waals surface area (Å²) >= 11 is 0. The van der Waals surface area contributed by atoms with Gasteiger partial charge in [0.05, 0.1) is 33.8 Å². The second kappa shape index (κ2) is 53.1. The number of ether oxygens (including phenoxy) is 1. The highest BCUT2D eigenvalue weighted by Crippen LogP contribution is 2.43. The van der Waals surface area contributed by atoms with Crippen molar-refractivity contribution in [3.8, 4) is 0 Å². The van der Waals surface area contributed by atoms with E-state index in [0.717, 1.165) is 96.3 Å². The minimum Gasteiger partial charge on any atom is -0.456 e. The van der Waals surface area contributed by atoms with Crippen molar-refractivity contribution >= 4 is 19.7 Å². The number of hydrogen-bond donors (Lipinski definition) is 2. The number of phosphoric acid groups is 1. The summed E-state index contributed by atoms with van der Waals surface area (Å²) in [6.07, 6.45) is 66.4. The Morgan fingerprint density at radius 1 is 0.479 bits per heavy atom. The van der Waals surface area contributed by atoms with Gasteiger partial charge in [0.2, 0.25) is 5.91 Å². The van der Waals surface area contributed by atoms with Crippen molar-refractivity contribution < 1.29 is 37.3 Å². The molecule has 0 aromatic carbocycles. The van der Waals surface area contributed by atoms with E-state index in [0.29, 0.717) is 17.4 Å². The molecule has 10 heteroatoms. The van der Waals surface area contributed by atoms with E-state index in [1.807, 2.05) is 33.3 Å². The SMILES string of the molecule is CCCCC/C=C\C/C=C\C/C=C\C/C=C\CCCCCCCC(=O)NC(COP(=O)(O)OCC[N+](C)(C)C)C(/C=C\CCCCCCCCCCCC)OC(=O)CCCCCCCCCCCCCCCC. The van der Waals surface area contributed by atoms with Crippen molar-refractivity contribution in [2.45, 2.75) is 290 Å². The fourth-order valence-electron chi connectivity index (χ4n) is 8.69. The molecule has 0 saturated carbocycles. The number of quaternary nitrogens is 1. The molecule has 0 rings (SSSR count). The number of carbonyl (C=O) groups excluding carboxylic acids is 2. The first kappa shape index (κ1) is 70.7. The predicted octanol–water partition coefficient (Wildman–Crippen LogP) is 18.7. The molecule has 2 N–H and O–H groups in total. The van der Waals surface area contributed by atoms with Crippen molar-refractivity contribution in [1.29, 1.82) is 0 Å². The lowest BCUT2D eigenvalue weighted by molar-refractivity contribution is -0.870. The van der Waals surface area contributed by atoms with Crippen LogP contribution in [0, 0.1) is 0 Å². The molecule has 426 valence electrons. The zero-order chi connectivity index (χ0) is 53.6. The van der Waals surface area contributed by atoms with Gasteiger partial charge in [0, 0.05) is 12.8 Å². The molecule has 73 heavy (non-hydrogen) atoms. The molecule has 0 saturated heterocycles. The first-order valence-electron chi connectivity index (χ1n) is 30.6. The number of nitrogens with one attached hydrogen (secondary N) is 1. The normalized spacial score (nSPS) is 14.1. The fraction of sp³-hybridized carbons (Fsp3) is 0.810. The maximum absolute atomic E-state index is 13.5. The van der Waals surface area contributed by atoms with E-state index < -0.39 is 20.0 Å². The number of rotatable bonds is 55. The summed E-state index contributed by atoms with van der Waals surface area (Å²) in [6, 6.07) is -0.857. The molecule has 0 spiro atoms. The predicted molar refractivity (Wildman–Crippen MR) is 314 cm³/mol. The molecule has 0 fully saturated rings. The van der Waals surface area contributed by atoms with Crippen LogP contribution in [0.15, 0.2) is 60.8 Å². The van der Waals surface area contributed by atoms with Gasteiger partial charge >= 0.3 is 13.8 Å². The van der Waals surface area contributed by atoms with Gasteiger partial charge in [-0.15, -0.1) is 0 Å². The Morgan fingerprint density at radius 2 is 0.836 bits per heavy atom. The van der Waals surface area contributed by atoms with Crippen molar-refractivity contribution in [1.82, 2.24) is 5.32 Å². The summed E-state index contributed by atoms with van der Waals surface area (Å²) in [5.41, 5.74) is 0. The van der Waals surface area contributed by atoms with Gasteiger partial charge < -0.3 is 19.4 Å². The molecule has 0 radical (unpaired) electrons. The zero-order valence-electron chi connectivity index (χ0n) is 48.6. The number of amides is 1. The van der Waals surface area contributed by atoms with E-state index in [1.165, 1.54) is 148 Å². The topological polar surface area (TPSA) is 111 Å². The first-order valence-corrected chi connectivity index (χ1v) is 32.1. The Hall–Kier alpha value is -2.29. The van der Waals surface area contributed by atoms with Gasteiger partial charge in [-0.2, -0.15) is 0 Å². The number of likely N-dealkylation sites (N-methyl/N-ethyl adjacent to an activating group) is 1. The van der Waals surface area contributed by atoms with Gasteiger partial charge in [-0.05, 0) is 76.7 Å². The van der Waals surface area contributed by atoms with Crippen molar-refractivity contribution in [2.24, 2.45) is 0 Å². The van der Waals surface area contributed by atoms with Crippen LogP contribution in [0.25, 0.3) is 0 Å². The smallest absolute Gasteiger partial charge is 0.456 e. The molecular formula is C63H118N2O7P+. The number of unbranched alkanes of at least 4 members (excludes halogenated alkanes) is 31. The number of phosphoric ester groups is 1. The molecule has 0 aromatic rings. The molecule has 0 aliphatic rings. The van der Waals surface area contributed by atoms with Crippen LogP contribution in [0.1, 0.15) is 278 Å². The first-order chi connectivity index (χ1) is 35.4. The quantitative estimate of drug-likeness (QED) is 0.0205. The number of nitrogens with zero attached hydrogens (tertiary/aromatic N) is 1. The molecule has 3 atom stereocenters. The van der Waals surface area contributed by atoms with Gasteiger partial charge in [0.1, 0.15) is 19.3 Å². The lowest BCUT2D eigenvalue weighted by Gasteiger charge is -2.27. The van der Waals surface area contributed by atoms with Crippen LogP contribution in [0.5, 0.6) is 0 Å². The second-order valence-electron chi connectivity index (χ2n) is 21.9. The summed E-state index contributed by atoms with van der Waals surface area (Å²) in [5, 5.41) is 3.05. The molecule has 0 aliphatic heterocycles. The summed E-state index contributed by atoms with van der Waals surface area (Å²) in [4.78, 5) is 37.7. The summed E-state index contributed by atoms with van der Waals surface area (Å²) in [6.45, 7) is 6.98. The number of carbonyl (C=O) groups is 2. The van der Waals surface area contributed by atoms with Gasteiger partial charge in [-0.3, -0.25) is 18.6 Å². The van der Waals surface area contributed by atoms with Crippen LogP contribution < -0.4 is 5.32 Å². The third kappa shape index (κ3) is 54.3. The Labute approximate surface area is 451 Å². The maximum atomic E-state index is 13.5.